The van der Waals surface area contributed by atoms with Crippen molar-refractivity contribution in [1.82, 2.24) is 25.5 Å². The number of aliphatic hydroxyl groups is 2. The van der Waals surface area contributed by atoms with Crippen LogP contribution < -0.4 is 5.32 Å². The molecule has 9 heteroatoms. The molecule has 0 aromatic carbocycles. The third-order valence-corrected chi connectivity index (χ3v) is 4.11. The average Bonchev–Trinajstić information content (AvgIpc) is 3.21. The van der Waals surface area contributed by atoms with Crippen LogP contribution in [0.25, 0.3) is 0 Å². The van der Waals surface area contributed by atoms with Gasteiger partial charge in [0.25, 0.3) is 0 Å². The molecule has 0 amide bonds. The van der Waals surface area contributed by atoms with Gasteiger partial charge < -0.3 is 24.8 Å². The molecule has 126 valence electrons. The molecule has 0 unspecified atom stereocenters. The number of nitrogens with zero attached hydrogens (tertiary/aromatic N) is 4. The standard InChI is InChI=1S/C14H21N5O4/c1-8-11(9(2)23-17-8)3-15-14-12(21)7-22-13(14)5-19-4-10(6-20)16-18-19/h4,12-15,20-21H,3,5-7H2,1-2H3/t12-,13+,14+/m0/s1. The summed E-state index contributed by atoms with van der Waals surface area (Å²) in [6, 6.07) is -0.231. The summed E-state index contributed by atoms with van der Waals surface area (Å²) in [6.45, 7) is 4.86. The van der Waals surface area contributed by atoms with Gasteiger partial charge in [0.1, 0.15) is 11.5 Å². The molecule has 0 aliphatic carbocycles. The van der Waals surface area contributed by atoms with E-state index in [4.69, 9.17) is 14.4 Å². The number of aromatic nitrogens is 4. The molecule has 2 aromatic rings. The van der Waals surface area contributed by atoms with E-state index in [0.717, 1.165) is 17.0 Å². The van der Waals surface area contributed by atoms with E-state index < -0.39 is 6.10 Å². The zero-order chi connectivity index (χ0) is 16.4. The molecule has 0 bridgehead atoms. The van der Waals surface area contributed by atoms with Crippen LogP contribution in [0.5, 0.6) is 0 Å². The van der Waals surface area contributed by atoms with Gasteiger partial charge in [-0.1, -0.05) is 10.4 Å². The number of rotatable bonds is 6. The normalized spacial score (nSPS) is 24.4. The molecule has 1 aliphatic heterocycles. The van der Waals surface area contributed by atoms with Crippen LogP contribution >= 0.6 is 0 Å². The Bertz CT molecular complexity index is 636. The Morgan fingerprint density at radius 2 is 2.26 bits per heavy atom. The van der Waals surface area contributed by atoms with Crippen LogP contribution in [0.2, 0.25) is 0 Å². The van der Waals surface area contributed by atoms with Gasteiger partial charge in [0.2, 0.25) is 0 Å². The third-order valence-electron chi connectivity index (χ3n) is 4.11. The molecule has 3 heterocycles. The van der Waals surface area contributed by atoms with Gasteiger partial charge in [-0.05, 0) is 13.8 Å². The fourth-order valence-corrected chi connectivity index (χ4v) is 2.77. The van der Waals surface area contributed by atoms with Crippen LogP contribution in [-0.4, -0.2) is 55.2 Å². The first-order chi connectivity index (χ1) is 11.1. The Balaban J connectivity index is 1.64. The van der Waals surface area contributed by atoms with E-state index in [1.165, 1.54) is 0 Å². The fourth-order valence-electron chi connectivity index (χ4n) is 2.77. The van der Waals surface area contributed by atoms with E-state index in [1.54, 1.807) is 10.9 Å². The number of hydrogen-bond acceptors (Lipinski definition) is 8. The molecule has 3 rings (SSSR count). The summed E-state index contributed by atoms with van der Waals surface area (Å²) in [4.78, 5) is 0. The van der Waals surface area contributed by atoms with Crippen molar-refractivity contribution >= 4 is 0 Å². The minimum atomic E-state index is -0.596. The van der Waals surface area contributed by atoms with Gasteiger partial charge in [-0.3, -0.25) is 0 Å². The van der Waals surface area contributed by atoms with E-state index in [-0.39, 0.29) is 25.4 Å². The van der Waals surface area contributed by atoms with Crippen molar-refractivity contribution in [2.24, 2.45) is 0 Å². The summed E-state index contributed by atoms with van der Waals surface area (Å²) in [5, 5.41) is 34.2. The maximum Gasteiger partial charge on any atom is 0.138 e. The Hall–Kier alpha value is -1.81. The number of hydrogen-bond donors (Lipinski definition) is 3. The summed E-state index contributed by atoms with van der Waals surface area (Å²) >= 11 is 0. The number of aliphatic hydroxyl groups excluding tert-OH is 2. The topological polar surface area (TPSA) is 118 Å². The highest BCUT2D eigenvalue weighted by molar-refractivity contribution is 5.20. The summed E-state index contributed by atoms with van der Waals surface area (Å²) in [6.07, 6.45) is 0.833. The first-order valence-corrected chi connectivity index (χ1v) is 7.53. The van der Waals surface area contributed by atoms with Crippen molar-refractivity contribution in [1.29, 1.82) is 0 Å². The molecule has 2 aromatic heterocycles. The van der Waals surface area contributed by atoms with E-state index in [0.29, 0.717) is 18.8 Å². The molecule has 1 fully saturated rings. The zero-order valence-corrected chi connectivity index (χ0v) is 13.1. The quantitative estimate of drug-likeness (QED) is 0.638. The maximum absolute atomic E-state index is 10.1. The van der Waals surface area contributed by atoms with Crippen molar-refractivity contribution in [3.8, 4) is 0 Å². The highest BCUT2D eigenvalue weighted by Gasteiger charge is 2.36. The smallest absolute Gasteiger partial charge is 0.138 e. The van der Waals surface area contributed by atoms with Crippen LogP contribution in [0, 0.1) is 13.8 Å². The lowest BCUT2D eigenvalue weighted by Crippen LogP contribution is -2.45. The van der Waals surface area contributed by atoms with E-state index in [1.807, 2.05) is 13.8 Å². The molecule has 23 heavy (non-hydrogen) atoms. The van der Waals surface area contributed by atoms with Crippen molar-refractivity contribution in [3.05, 3.63) is 28.9 Å². The highest BCUT2D eigenvalue weighted by atomic mass is 16.5. The lowest BCUT2D eigenvalue weighted by molar-refractivity contribution is 0.0741. The number of ether oxygens (including phenoxy) is 1. The molecule has 1 saturated heterocycles. The van der Waals surface area contributed by atoms with Crippen LogP contribution in [0.1, 0.15) is 22.7 Å². The molecule has 0 spiro atoms. The predicted molar refractivity (Wildman–Crippen MR) is 78.3 cm³/mol. The van der Waals surface area contributed by atoms with Crippen molar-refractivity contribution in [2.75, 3.05) is 6.61 Å². The van der Waals surface area contributed by atoms with Crippen molar-refractivity contribution < 1.29 is 19.5 Å². The summed E-state index contributed by atoms with van der Waals surface area (Å²) in [5.41, 5.74) is 2.33. The SMILES string of the molecule is Cc1noc(C)c1CN[C@@H]1[C@@H](O)CO[C@@H]1Cn1cc(CO)nn1. The minimum Gasteiger partial charge on any atom is -0.390 e. The lowest BCUT2D eigenvalue weighted by atomic mass is 10.1. The van der Waals surface area contributed by atoms with Crippen LogP contribution in [0.4, 0.5) is 0 Å². The third kappa shape index (κ3) is 3.42. The number of nitrogens with one attached hydrogen (secondary N) is 1. The Labute approximate surface area is 133 Å². The molecule has 0 saturated carbocycles. The fraction of sp³-hybridized carbons (Fsp3) is 0.643. The first-order valence-electron chi connectivity index (χ1n) is 7.53. The van der Waals surface area contributed by atoms with Gasteiger partial charge in [0, 0.05) is 12.1 Å². The molecule has 9 nitrogen and oxygen atoms in total. The highest BCUT2D eigenvalue weighted by Crippen LogP contribution is 2.18. The van der Waals surface area contributed by atoms with Crippen LogP contribution in [-0.2, 0) is 24.4 Å². The minimum absolute atomic E-state index is 0.151. The molecule has 3 N–H and O–H groups in total. The van der Waals surface area contributed by atoms with Crippen molar-refractivity contribution in [3.63, 3.8) is 0 Å². The summed E-state index contributed by atoms with van der Waals surface area (Å²) in [5.74, 6) is 0.767. The Morgan fingerprint density at radius 3 is 2.91 bits per heavy atom. The van der Waals surface area contributed by atoms with E-state index in [9.17, 15) is 5.11 Å². The second-order valence-corrected chi connectivity index (χ2v) is 5.74. The molecular formula is C14H21N5O4. The Morgan fingerprint density at radius 1 is 1.43 bits per heavy atom. The predicted octanol–water partition coefficient (Wildman–Crippen LogP) is -0.707. The first kappa shape index (κ1) is 16.1. The van der Waals surface area contributed by atoms with Gasteiger partial charge in [-0.2, -0.15) is 0 Å². The van der Waals surface area contributed by atoms with Gasteiger partial charge in [-0.25, -0.2) is 4.68 Å². The summed E-state index contributed by atoms with van der Waals surface area (Å²) < 4.78 is 12.4. The van der Waals surface area contributed by atoms with Gasteiger partial charge in [0.05, 0.1) is 49.9 Å². The lowest BCUT2D eigenvalue weighted by Gasteiger charge is -2.21. The van der Waals surface area contributed by atoms with Gasteiger partial charge >= 0.3 is 0 Å². The summed E-state index contributed by atoms with van der Waals surface area (Å²) in [7, 11) is 0. The Kier molecular flexibility index (Phi) is 4.71. The van der Waals surface area contributed by atoms with Crippen LogP contribution in [0.15, 0.2) is 10.7 Å². The molecular weight excluding hydrogens is 302 g/mol. The molecule has 0 radical (unpaired) electrons. The maximum atomic E-state index is 10.1. The van der Waals surface area contributed by atoms with E-state index in [2.05, 4.69) is 20.8 Å². The second-order valence-electron chi connectivity index (χ2n) is 5.74. The largest absolute Gasteiger partial charge is 0.390 e. The number of aryl methyl sites for hydroxylation is 2. The monoisotopic (exact) mass is 323 g/mol. The zero-order valence-electron chi connectivity index (χ0n) is 13.1. The second kappa shape index (κ2) is 6.75. The van der Waals surface area contributed by atoms with Crippen LogP contribution in [0.3, 0.4) is 0 Å². The van der Waals surface area contributed by atoms with Gasteiger partial charge in [-0.15, -0.1) is 5.10 Å². The average molecular weight is 323 g/mol. The molecule has 3 atom stereocenters. The molecule has 1 aliphatic rings. The van der Waals surface area contributed by atoms with E-state index >= 15 is 0 Å². The van der Waals surface area contributed by atoms with Gasteiger partial charge in [0.15, 0.2) is 0 Å². The van der Waals surface area contributed by atoms with Crippen molar-refractivity contribution in [2.45, 2.75) is 51.8 Å².